The Kier molecular flexibility index (Phi) is 2.71. The van der Waals surface area contributed by atoms with Crippen LogP contribution in [0.25, 0.3) is 10.9 Å². The fraction of sp³-hybridized carbons (Fsp3) is 0.118. The molecule has 0 saturated heterocycles. The summed E-state index contributed by atoms with van der Waals surface area (Å²) in [5.74, 6) is 0.0748. The van der Waals surface area contributed by atoms with E-state index >= 15 is 0 Å². The first-order valence-corrected chi connectivity index (χ1v) is 6.32. The van der Waals surface area contributed by atoms with E-state index in [1.54, 1.807) is 0 Å². The number of fused-ring (bicyclic) bond motifs is 1. The van der Waals surface area contributed by atoms with Crippen molar-refractivity contribution in [1.82, 2.24) is 4.57 Å². The maximum absolute atomic E-state index is 12.4. The van der Waals surface area contributed by atoms with E-state index in [1.807, 2.05) is 55.6 Å². The third kappa shape index (κ3) is 1.95. The topological polar surface area (TPSA) is 22.0 Å². The van der Waals surface area contributed by atoms with E-state index in [-0.39, 0.29) is 5.78 Å². The van der Waals surface area contributed by atoms with Crippen LogP contribution in [0.15, 0.2) is 54.7 Å². The van der Waals surface area contributed by atoms with Crippen molar-refractivity contribution in [2.75, 3.05) is 0 Å². The van der Waals surface area contributed by atoms with Crippen molar-refractivity contribution < 1.29 is 4.79 Å². The van der Waals surface area contributed by atoms with Crippen molar-refractivity contribution in [2.24, 2.45) is 7.05 Å². The molecule has 2 nitrogen and oxygen atoms in total. The molecular weight excluding hydrogens is 234 g/mol. The Morgan fingerprint density at radius 3 is 2.47 bits per heavy atom. The number of carbonyl (C=O) groups is 1. The zero-order chi connectivity index (χ0) is 13.4. The molecule has 94 valence electrons. The molecule has 0 aliphatic rings. The zero-order valence-corrected chi connectivity index (χ0v) is 11.1. The lowest BCUT2D eigenvalue weighted by Gasteiger charge is -2.03. The fourth-order valence-corrected chi connectivity index (χ4v) is 2.49. The molecule has 0 unspecified atom stereocenters. The summed E-state index contributed by atoms with van der Waals surface area (Å²) < 4.78 is 2.08. The van der Waals surface area contributed by atoms with Crippen LogP contribution in [0, 0.1) is 6.92 Å². The van der Waals surface area contributed by atoms with Crippen molar-refractivity contribution in [1.29, 1.82) is 0 Å². The highest BCUT2D eigenvalue weighted by atomic mass is 16.1. The van der Waals surface area contributed by atoms with E-state index in [9.17, 15) is 4.79 Å². The molecule has 0 fully saturated rings. The van der Waals surface area contributed by atoms with Crippen LogP contribution in [0.1, 0.15) is 21.5 Å². The minimum Gasteiger partial charge on any atom is -0.350 e. The van der Waals surface area contributed by atoms with Gasteiger partial charge in [-0.2, -0.15) is 0 Å². The van der Waals surface area contributed by atoms with Gasteiger partial charge in [-0.25, -0.2) is 0 Å². The molecule has 3 aromatic rings. The summed E-state index contributed by atoms with van der Waals surface area (Å²) >= 11 is 0. The van der Waals surface area contributed by atoms with Gasteiger partial charge in [-0.15, -0.1) is 0 Å². The molecule has 0 amide bonds. The first-order chi connectivity index (χ1) is 9.16. The van der Waals surface area contributed by atoms with Gasteiger partial charge in [-0.05, 0) is 30.7 Å². The number of aromatic nitrogens is 1. The van der Waals surface area contributed by atoms with E-state index in [4.69, 9.17) is 0 Å². The molecular formula is C17H15NO. The number of hydrogen-bond donors (Lipinski definition) is 0. The number of aryl methyl sites for hydroxylation is 2. The number of hydrogen-bond acceptors (Lipinski definition) is 1. The van der Waals surface area contributed by atoms with E-state index in [2.05, 4.69) is 17.7 Å². The Morgan fingerprint density at radius 2 is 1.74 bits per heavy atom. The molecule has 0 bridgehead atoms. The number of nitrogens with zero attached hydrogens (tertiary/aromatic N) is 1. The summed E-state index contributed by atoms with van der Waals surface area (Å²) in [6, 6.07) is 15.3. The number of ketones is 1. The van der Waals surface area contributed by atoms with Gasteiger partial charge in [0.25, 0.3) is 0 Å². The fourth-order valence-electron chi connectivity index (χ4n) is 2.49. The Labute approximate surface area is 112 Å². The van der Waals surface area contributed by atoms with Crippen LogP contribution in [0.3, 0.4) is 0 Å². The molecule has 0 N–H and O–H groups in total. The molecule has 19 heavy (non-hydrogen) atoms. The first kappa shape index (κ1) is 11.7. The van der Waals surface area contributed by atoms with Crippen LogP contribution in [0.2, 0.25) is 0 Å². The van der Waals surface area contributed by atoms with Gasteiger partial charge in [0.05, 0.1) is 0 Å². The summed E-state index contributed by atoms with van der Waals surface area (Å²) in [7, 11) is 2.02. The van der Waals surface area contributed by atoms with Crippen LogP contribution in [-0.4, -0.2) is 10.4 Å². The molecule has 0 saturated carbocycles. The normalized spacial score (nSPS) is 10.8. The van der Waals surface area contributed by atoms with Crippen LogP contribution >= 0.6 is 0 Å². The van der Waals surface area contributed by atoms with E-state index in [1.165, 1.54) is 5.56 Å². The second kappa shape index (κ2) is 4.39. The van der Waals surface area contributed by atoms with Gasteiger partial charge >= 0.3 is 0 Å². The highest BCUT2D eigenvalue weighted by Gasteiger charge is 2.11. The van der Waals surface area contributed by atoms with Crippen LogP contribution in [0.5, 0.6) is 0 Å². The van der Waals surface area contributed by atoms with E-state index < -0.39 is 0 Å². The molecule has 3 rings (SSSR count). The third-order valence-electron chi connectivity index (χ3n) is 3.49. The zero-order valence-electron chi connectivity index (χ0n) is 11.1. The third-order valence-corrected chi connectivity index (χ3v) is 3.49. The first-order valence-electron chi connectivity index (χ1n) is 6.32. The average molecular weight is 249 g/mol. The molecule has 0 aliphatic carbocycles. The quantitative estimate of drug-likeness (QED) is 0.634. The van der Waals surface area contributed by atoms with Gasteiger partial charge < -0.3 is 4.57 Å². The van der Waals surface area contributed by atoms with Gasteiger partial charge in [0.15, 0.2) is 5.78 Å². The monoisotopic (exact) mass is 249 g/mol. The lowest BCUT2D eigenvalue weighted by atomic mass is 10.0. The molecule has 1 aromatic heterocycles. The maximum Gasteiger partial charge on any atom is 0.193 e. The second-order valence-corrected chi connectivity index (χ2v) is 4.85. The standard InChI is InChI=1S/C17H15NO/c1-12-11-18(2)16-9-8-14(10-15(12)16)17(19)13-6-4-3-5-7-13/h3-11H,1-2H3. The molecule has 0 aliphatic heterocycles. The van der Waals surface area contributed by atoms with Crippen LogP contribution in [-0.2, 0) is 7.05 Å². The SMILES string of the molecule is Cc1cn(C)c2ccc(C(=O)c3ccccc3)cc12. The summed E-state index contributed by atoms with van der Waals surface area (Å²) in [5.41, 5.74) is 3.82. The Bertz CT molecular complexity index is 754. The predicted octanol–water partition coefficient (Wildman–Crippen LogP) is 3.72. The Balaban J connectivity index is 2.11. The van der Waals surface area contributed by atoms with Crippen molar-refractivity contribution in [3.05, 3.63) is 71.4 Å². The van der Waals surface area contributed by atoms with Crippen molar-refractivity contribution in [2.45, 2.75) is 6.92 Å². The molecule has 0 spiro atoms. The van der Waals surface area contributed by atoms with Crippen LogP contribution in [0.4, 0.5) is 0 Å². The van der Waals surface area contributed by atoms with E-state index in [0.717, 1.165) is 22.0 Å². The average Bonchev–Trinajstić information content (AvgIpc) is 2.74. The van der Waals surface area contributed by atoms with Crippen molar-refractivity contribution in [3.63, 3.8) is 0 Å². The Hall–Kier alpha value is -2.35. The Morgan fingerprint density at radius 1 is 1.00 bits per heavy atom. The number of rotatable bonds is 2. The number of carbonyl (C=O) groups excluding carboxylic acids is 1. The minimum atomic E-state index is 0.0748. The predicted molar refractivity (Wildman–Crippen MR) is 77.5 cm³/mol. The molecule has 2 heteroatoms. The molecule has 1 heterocycles. The molecule has 0 radical (unpaired) electrons. The largest absolute Gasteiger partial charge is 0.350 e. The van der Waals surface area contributed by atoms with Crippen molar-refractivity contribution in [3.8, 4) is 0 Å². The summed E-state index contributed by atoms with van der Waals surface area (Å²) in [4.78, 5) is 12.4. The summed E-state index contributed by atoms with van der Waals surface area (Å²) in [6.07, 6.45) is 2.08. The van der Waals surface area contributed by atoms with Gasteiger partial charge in [-0.1, -0.05) is 30.3 Å². The summed E-state index contributed by atoms with van der Waals surface area (Å²) in [6.45, 7) is 2.07. The van der Waals surface area contributed by atoms with Gasteiger partial charge in [0, 0.05) is 35.3 Å². The highest BCUT2D eigenvalue weighted by Crippen LogP contribution is 2.22. The minimum absolute atomic E-state index is 0.0748. The number of benzene rings is 2. The van der Waals surface area contributed by atoms with Gasteiger partial charge in [0.2, 0.25) is 0 Å². The second-order valence-electron chi connectivity index (χ2n) is 4.85. The van der Waals surface area contributed by atoms with Gasteiger partial charge in [-0.3, -0.25) is 4.79 Å². The van der Waals surface area contributed by atoms with Gasteiger partial charge in [0.1, 0.15) is 0 Å². The molecule has 2 aromatic carbocycles. The molecule has 0 atom stereocenters. The highest BCUT2D eigenvalue weighted by molar-refractivity contribution is 6.10. The van der Waals surface area contributed by atoms with Crippen molar-refractivity contribution >= 4 is 16.7 Å². The van der Waals surface area contributed by atoms with Crippen LogP contribution < -0.4 is 0 Å². The lowest BCUT2D eigenvalue weighted by molar-refractivity contribution is 0.103. The summed E-state index contributed by atoms with van der Waals surface area (Å²) in [5, 5.41) is 1.14. The smallest absolute Gasteiger partial charge is 0.193 e. The maximum atomic E-state index is 12.4. The lowest BCUT2D eigenvalue weighted by Crippen LogP contribution is -2.00. The van der Waals surface area contributed by atoms with E-state index in [0.29, 0.717) is 0 Å².